The van der Waals surface area contributed by atoms with Gasteiger partial charge in [0.2, 0.25) is 0 Å². The third kappa shape index (κ3) is 5.83. The average molecular weight is 407 g/mol. The van der Waals surface area contributed by atoms with E-state index in [0.717, 1.165) is 41.6 Å². The molecule has 0 bridgehead atoms. The fourth-order valence-corrected chi connectivity index (χ4v) is 3.15. The summed E-state index contributed by atoms with van der Waals surface area (Å²) in [4.78, 5) is 0. The molecule has 5 heteroatoms. The number of rotatable bonds is 10. The minimum atomic E-state index is -0.290. The summed E-state index contributed by atoms with van der Waals surface area (Å²) in [5, 5.41) is 11.9. The van der Waals surface area contributed by atoms with Gasteiger partial charge in [-0.1, -0.05) is 50.8 Å². The normalized spacial score (nSPS) is 12.0. The Labute approximate surface area is 178 Å². The Morgan fingerprint density at radius 1 is 1.20 bits per heavy atom. The van der Waals surface area contributed by atoms with Gasteiger partial charge in [-0.15, -0.1) is 0 Å². The lowest BCUT2D eigenvalue weighted by Gasteiger charge is -2.22. The molecule has 1 atom stereocenters. The van der Waals surface area contributed by atoms with Crippen LogP contribution in [0.3, 0.4) is 0 Å². The van der Waals surface area contributed by atoms with E-state index in [1.807, 2.05) is 13.0 Å². The number of nitrogens with two attached hydrogens (primary N) is 2. The van der Waals surface area contributed by atoms with Crippen LogP contribution in [0.5, 0.6) is 0 Å². The summed E-state index contributed by atoms with van der Waals surface area (Å²) in [6.07, 6.45) is 6.23. The van der Waals surface area contributed by atoms with Crippen molar-refractivity contribution >= 4 is 23.2 Å². The Kier molecular flexibility index (Phi) is 7.98. The minimum absolute atomic E-state index is 0.129. The summed E-state index contributed by atoms with van der Waals surface area (Å²) in [6, 6.07) is 9.74. The Morgan fingerprint density at radius 2 is 1.87 bits per heavy atom. The molecule has 0 spiro atoms. The molecule has 0 amide bonds. The molecule has 0 saturated heterocycles. The van der Waals surface area contributed by atoms with Crippen molar-refractivity contribution < 1.29 is 4.39 Å². The number of unbranched alkanes of at least 4 members (excludes halogenated alkanes) is 1. The van der Waals surface area contributed by atoms with Gasteiger partial charge in [0.25, 0.3) is 0 Å². The Hall–Kier alpha value is -3.34. The summed E-state index contributed by atoms with van der Waals surface area (Å²) in [5.74, 6) is -0.290. The first kappa shape index (κ1) is 22.9. The van der Waals surface area contributed by atoms with Crippen LogP contribution in [0.15, 0.2) is 61.3 Å². The van der Waals surface area contributed by atoms with Crippen molar-refractivity contribution in [2.24, 2.45) is 5.73 Å². The van der Waals surface area contributed by atoms with E-state index in [1.165, 1.54) is 12.1 Å². The second-order valence-corrected chi connectivity index (χ2v) is 7.38. The quantitative estimate of drug-likeness (QED) is 0.321. The van der Waals surface area contributed by atoms with Crippen molar-refractivity contribution in [3.63, 3.8) is 0 Å². The molecule has 0 aliphatic carbocycles. The molecule has 0 fully saturated rings. The van der Waals surface area contributed by atoms with Crippen molar-refractivity contribution in [1.82, 2.24) is 5.32 Å². The van der Waals surface area contributed by atoms with Crippen LogP contribution in [-0.2, 0) is 6.42 Å². The maximum Gasteiger partial charge on any atom is 0.123 e. The van der Waals surface area contributed by atoms with E-state index in [9.17, 15) is 4.39 Å². The van der Waals surface area contributed by atoms with Crippen molar-refractivity contribution in [3.05, 3.63) is 89.4 Å². The number of halogens is 1. The zero-order chi connectivity index (χ0) is 22.3. The number of nitrogen functional groups attached to an aromatic ring is 1. The van der Waals surface area contributed by atoms with Gasteiger partial charge in [-0.05, 0) is 55.2 Å². The zero-order valence-corrected chi connectivity index (χ0v) is 17.8. The van der Waals surface area contributed by atoms with Crippen LogP contribution >= 0.6 is 0 Å². The van der Waals surface area contributed by atoms with Gasteiger partial charge in [0.1, 0.15) is 5.82 Å². The first-order valence-electron chi connectivity index (χ1n) is 10.1. The van der Waals surface area contributed by atoms with Crippen LogP contribution < -0.4 is 16.8 Å². The highest BCUT2D eigenvalue weighted by Gasteiger charge is 2.17. The molecule has 0 heterocycles. The first-order valence-corrected chi connectivity index (χ1v) is 10.1. The molecule has 1 unspecified atom stereocenters. The molecule has 2 aromatic carbocycles. The van der Waals surface area contributed by atoms with Gasteiger partial charge in [-0.2, -0.15) is 0 Å². The fraction of sp³-hybridized carbons (Fsp3) is 0.240. The van der Waals surface area contributed by atoms with Crippen LogP contribution in [-0.4, -0.2) is 11.8 Å². The molecule has 158 valence electrons. The molecule has 0 aliphatic rings. The number of hydrogen-bond acceptors (Lipinski definition) is 4. The summed E-state index contributed by atoms with van der Waals surface area (Å²) in [7, 11) is 0. The molecule has 6 N–H and O–H groups in total. The van der Waals surface area contributed by atoms with E-state index in [1.54, 1.807) is 30.4 Å². The summed E-state index contributed by atoms with van der Waals surface area (Å²) in [5.41, 5.74) is 17.6. The summed E-state index contributed by atoms with van der Waals surface area (Å²) in [6.45, 7) is 12.0. The van der Waals surface area contributed by atoms with Crippen molar-refractivity contribution in [2.75, 3.05) is 5.73 Å². The lowest BCUT2D eigenvalue weighted by molar-refractivity contribution is 0.628. The third-order valence-corrected chi connectivity index (χ3v) is 4.98. The number of benzene rings is 2. The number of allylic oxidation sites excluding steroid dienone is 1. The minimum Gasteiger partial charge on any atom is -0.401 e. The Morgan fingerprint density at radius 3 is 2.47 bits per heavy atom. The molecule has 0 aliphatic heterocycles. The van der Waals surface area contributed by atoms with Crippen molar-refractivity contribution in [3.8, 4) is 0 Å². The summed E-state index contributed by atoms with van der Waals surface area (Å²) >= 11 is 0. The van der Waals surface area contributed by atoms with Gasteiger partial charge >= 0.3 is 0 Å². The van der Waals surface area contributed by atoms with Crippen LogP contribution in [0.1, 0.15) is 48.9 Å². The molecule has 4 nitrogen and oxygen atoms in total. The van der Waals surface area contributed by atoms with Gasteiger partial charge in [0.15, 0.2) is 0 Å². The topological polar surface area (TPSA) is 87.9 Å². The molecular formula is C25H31FN4. The van der Waals surface area contributed by atoms with Crippen molar-refractivity contribution in [1.29, 1.82) is 5.41 Å². The van der Waals surface area contributed by atoms with Crippen LogP contribution in [0, 0.1) is 11.2 Å². The van der Waals surface area contributed by atoms with Crippen LogP contribution in [0.2, 0.25) is 0 Å². The van der Waals surface area contributed by atoms with E-state index in [2.05, 4.69) is 25.4 Å². The molecule has 2 aromatic rings. The van der Waals surface area contributed by atoms with Crippen LogP contribution in [0.4, 0.5) is 10.1 Å². The fourth-order valence-electron chi connectivity index (χ4n) is 3.15. The Balaban J connectivity index is 2.43. The van der Waals surface area contributed by atoms with E-state index in [0.29, 0.717) is 22.7 Å². The highest BCUT2D eigenvalue weighted by atomic mass is 19.1. The second kappa shape index (κ2) is 10.4. The van der Waals surface area contributed by atoms with E-state index in [-0.39, 0.29) is 11.9 Å². The largest absolute Gasteiger partial charge is 0.401 e. The van der Waals surface area contributed by atoms with E-state index >= 15 is 0 Å². The van der Waals surface area contributed by atoms with Gasteiger partial charge in [0, 0.05) is 28.2 Å². The highest BCUT2D eigenvalue weighted by Crippen LogP contribution is 2.28. The van der Waals surface area contributed by atoms with Gasteiger partial charge in [-0.3, -0.25) is 0 Å². The smallest absolute Gasteiger partial charge is 0.123 e. The van der Waals surface area contributed by atoms with Crippen molar-refractivity contribution in [2.45, 2.75) is 39.2 Å². The maximum absolute atomic E-state index is 13.1. The molecule has 0 radical (unpaired) electrons. The molecule has 0 aromatic heterocycles. The average Bonchev–Trinajstić information content (AvgIpc) is 2.71. The van der Waals surface area contributed by atoms with Gasteiger partial charge in [-0.25, -0.2) is 4.39 Å². The van der Waals surface area contributed by atoms with Gasteiger partial charge in [0.05, 0.1) is 11.8 Å². The standard InChI is InChI=1S/C25H31FN4/c1-5-6-7-22-21(18(4)30-17(3)16(2)27)13-15-24(29)25(22)23(28)14-10-19-8-11-20(26)12-9-19/h8-15,17,28,30H,2,4-7,27,29H2,1,3H3/b14-10+,28-23?. The van der Waals surface area contributed by atoms with Gasteiger partial charge < -0.3 is 22.2 Å². The molecule has 0 saturated carbocycles. The lowest BCUT2D eigenvalue weighted by atomic mass is 9.90. The third-order valence-electron chi connectivity index (χ3n) is 4.98. The SMILES string of the molecule is C=C(NC(C)C(=C)N)c1ccc(N)c(C(=N)/C=C/c2ccc(F)cc2)c1CCCC. The highest BCUT2D eigenvalue weighted by molar-refractivity contribution is 6.13. The zero-order valence-electron chi connectivity index (χ0n) is 17.8. The monoisotopic (exact) mass is 406 g/mol. The number of anilines is 1. The second-order valence-electron chi connectivity index (χ2n) is 7.38. The van der Waals surface area contributed by atoms with Crippen LogP contribution in [0.25, 0.3) is 11.8 Å². The molecule has 30 heavy (non-hydrogen) atoms. The molecular weight excluding hydrogens is 375 g/mol. The Bertz CT molecular complexity index is 958. The number of nitrogens with one attached hydrogen (secondary N) is 2. The summed E-state index contributed by atoms with van der Waals surface area (Å²) < 4.78 is 13.1. The first-order chi connectivity index (χ1) is 14.2. The predicted octanol–water partition coefficient (Wildman–Crippen LogP) is 5.25. The van der Waals surface area contributed by atoms with E-state index in [4.69, 9.17) is 16.9 Å². The molecule has 2 rings (SSSR count). The lowest BCUT2D eigenvalue weighted by Crippen LogP contribution is -2.29. The maximum atomic E-state index is 13.1. The number of hydrogen-bond donors (Lipinski definition) is 4. The van der Waals surface area contributed by atoms with E-state index < -0.39 is 0 Å². The predicted molar refractivity (Wildman–Crippen MR) is 127 cm³/mol.